The number of carbonyl (C=O) groups is 2. The van der Waals surface area contributed by atoms with Crippen LogP contribution in [0, 0.1) is 21.4 Å². The lowest BCUT2D eigenvalue weighted by Crippen LogP contribution is -2.28. The number of nitro benzene ring substituents is 1. The van der Waals surface area contributed by atoms with E-state index in [1.807, 2.05) is 0 Å². The van der Waals surface area contributed by atoms with Crippen molar-refractivity contribution >= 4 is 45.5 Å². The standard InChI is InChI=1S/C22H25ClN2O5S/c1-5-22(2,3)12-6-8-15-17(10-12)31-20(18(15)21(27)30-4)24-19(26)14-9-7-13(23)11-16(14)25(28)29/h7,9,11-12H,5-6,8,10H2,1-4H3,(H,24,26)/t12-/m1/s1. The van der Waals surface area contributed by atoms with Crippen LogP contribution in [0.15, 0.2) is 18.2 Å². The van der Waals surface area contributed by atoms with Gasteiger partial charge in [-0.15, -0.1) is 11.3 Å². The lowest BCUT2D eigenvalue weighted by atomic mass is 9.69. The van der Waals surface area contributed by atoms with E-state index in [2.05, 4.69) is 26.1 Å². The average molecular weight is 465 g/mol. The smallest absolute Gasteiger partial charge is 0.341 e. The van der Waals surface area contributed by atoms with Crippen LogP contribution in [0.5, 0.6) is 0 Å². The van der Waals surface area contributed by atoms with Crippen LogP contribution in [-0.2, 0) is 17.6 Å². The fraction of sp³-hybridized carbons (Fsp3) is 0.455. The topological polar surface area (TPSA) is 98.5 Å². The molecule has 1 heterocycles. The quantitative estimate of drug-likeness (QED) is 0.326. The summed E-state index contributed by atoms with van der Waals surface area (Å²) in [5.41, 5.74) is 0.902. The molecule has 9 heteroatoms. The number of rotatable bonds is 6. The zero-order chi connectivity index (χ0) is 22.9. The molecule has 0 saturated carbocycles. The summed E-state index contributed by atoms with van der Waals surface area (Å²) in [5, 5.41) is 14.6. The maximum absolute atomic E-state index is 12.9. The first kappa shape index (κ1) is 23.2. The summed E-state index contributed by atoms with van der Waals surface area (Å²) >= 11 is 7.19. The molecule has 1 aromatic carbocycles. The molecule has 0 bridgehead atoms. The molecule has 0 aliphatic heterocycles. The Balaban J connectivity index is 1.98. The summed E-state index contributed by atoms with van der Waals surface area (Å²) in [6.07, 6.45) is 3.54. The fourth-order valence-electron chi connectivity index (χ4n) is 3.97. The monoisotopic (exact) mass is 464 g/mol. The molecule has 3 rings (SSSR count). The van der Waals surface area contributed by atoms with Crippen molar-refractivity contribution in [3.63, 3.8) is 0 Å². The Morgan fingerprint density at radius 1 is 1.39 bits per heavy atom. The van der Waals surface area contributed by atoms with E-state index >= 15 is 0 Å². The van der Waals surface area contributed by atoms with E-state index in [4.69, 9.17) is 16.3 Å². The third-order valence-electron chi connectivity index (χ3n) is 6.30. The van der Waals surface area contributed by atoms with Gasteiger partial charge in [0.25, 0.3) is 11.6 Å². The Morgan fingerprint density at radius 2 is 2.10 bits per heavy atom. The lowest BCUT2D eigenvalue weighted by molar-refractivity contribution is -0.385. The van der Waals surface area contributed by atoms with Gasteiger partial charge in [0.05, 0.1) is 17.6 Å². The number of thiophene rings is 1. The van der Waals surface area contributed by atoms with Crippen LogP contribution in [0.3, 0.4) is 0 Å². The molecule has 0 radical (unpaired) electrons. The van der Waals surface area contributed by atoms with Gasteiger partial charge in [-0.1, -0.05) is 38.8 Å². The second-order valence-electron chi connectivity index (χ2n) is 8.35. The van der Waals surface area contributed by atoms with E-state index in [9.17, 15) is 19.7 Å². The van der Waals surface area contributed by atoms with Gasteiger partial charge in [-0.3, -0.25) is 14.9 Å². The minimum absolute atomic E-state index is 0.124. The first-order valence-corrected chi connectivity index (χ1v) is 11.3. The molecule has 166 valence electrons. The SMILES string of the molecule is CCC(C)(C)[C@@H]1CCc2c(sc(NC(=O)c3ccc(Cl)cc3[N+](=O)[O-])c2C(=O)OC)C1. The van der Waals surface area contributed by atoms with Crippen LogP contribution in [0.1, 0.15) is 64.8 Å². The molecule has 0 spiro atoms. The number of hydrogen-bond donors (Lipinski definition) is 1. The van der Waals surface area contributed by atoms with Crippen LogP contribution in [-0.4, -0.2) is 23.9 Å². The predicted molar refractivity (Wildman–Crippen MR) is 121 cm³/mol. The van der Waals surface area contributed by atoms with Crippen LogP contribution >= 0.6 is 22.9 Å². The molecule has 7 nitrogen and oxygen atoms in total. The van der Waals surface area contributed by atoms with Crippen molar-refractivity contribution in [1.82, 2.24) is 0 Å². The number of esters is 1. The Hall–Kier alpha value is -2.45. The first-order valence-electron chi connectivity index (χ1n) is 10.1. The lowest BCUT2D eigenvalue weighted by Gasteiger charge is -2.36. The van der Waals surface area contributed by atoms with Gasteiger partial charge in [-0.25, -0.2) is 4.79 Å². The summed E-state index contributed by atoms with van der Waals surface area (Å²) < 4.78 is 4.97. The largest absolute Gasteiger partial charge is 0.465 e. The molecule has 0 unspecified atom stereocenters. The zero-order valence-corrected chi connectivity index (χ0v) is 19.5. The number of hydrogen-bond acceptors (Lipinski definition) is 6. The van der Waals surface area contributed by atoms with Gasteiger partial charge >= 0.3 is 5.97 Å². The second kappa shape index (κ2) is 8.96. The Morgan fingerprint density at radius 3 is 2.71 bits per heavy atom. The fourth-order valence-corrected chi connectivity index (χ4v) is 5.44. The highest BCUT2D eigenvalue weighted by Crippen LogP contribution is 2.45. The van der Waals surface area contributed by atoms with E-state index in [0.29, 0.717) is 16.5 Å². The number of methoxy groups -OCH3 is 1. The molecule has 1 atom stereocenters. The van der Waals surface area contributed by atoms with Gasteiger partial charge < -0.3 is 10.1 Å². The van der Waals surface area contributed by atoms with Crippen molar-refractivity contribution in [3.05, 3.63) is 54.9 Å². The molecule has 31 heavy (non-hydrogen) atoms. The van der Waals surface area contributed by atoms with E-state index in [-0.39, 0.29) is 16.0 Å². The van der Waals surface area contributed by atoms with Gasteiger partial charge in [-0.2, -0.15) is 0 Å². The summed E-state index contributed by atoms with van der Waals surface area (Å²) in [6.45, 7) is 6.67. The number of anilines is 1. The molecule has 1 aromatic heterocycles. The molecule has 0 fully saturated rings. The number of benzene rings is 1. The second-order valence-corrected chi connectivity index (χ2v) is 9.90. The van der Waals surface area contributed by atoms with Gasteiger partial charge in [0.15, 0.2) is 0 Å². The number of carbonyl (C=O) groups excluding carboxylic acids is 2. The van der Waals surface area contributed by atoms with Crippen molar-refractivity contribution in [3.8, 4) is 0 Å². The highest BCUT2D eigenvalue weighted by molar-refractivity contribution is 7.17. The summed E-state index contributed by atoms with van der Waals surface area (Å²) in [4.78, 5) is 37.2. The summed E-state index contributed by atoms with van der Waals surface area (Å²) in [5.74, 6) is -0.723. The predicted octanol–water partition coefficient (Wildman–Crippen LogP) is 5.89. The van der Waals surface area contributed by atoms with Crippen LogP contribution < -0.4 is 5.32 Å². The molecular weight excluding hydrogens is 440 g/mol. The van der Waals surface area contributed by atoms with Crippen molar-refractivity contribution < 1.29 is 19.2 Å². The molecule has 1 aliphatic rings. The number of nitrogens with one attached hydrogen (secondary N) is 1. The minimum Gasteiger partial charge on any atom is -0.465 e. The molecule has 2 aromatic rings. The third kappa shape index (κ3) is 4.60. The Kier molecular flexibility index (Phi) is 6.71. The Bertz CT molecular complexity index is 1050. The van der Waals surface area contributed by atoms with E-state index in [1.165, 1.54) is 30.6 Å². The highest BCUT2D eigenvalue weighted by atomic mass is 35.5. The van der Waals surface area contributed by atoms with Crippen LogP contribution in [0.4, 0.5) is 10.7 Å². The van der Waals surface area contributed by atoms with E-state index < -0.39 is 22.5 Å². The number of halogens is 1. The number of ether oxygens (including phenoxy) is 1. The first-order chi connectivity index (χ1) is 14.6. The Labute approximate surface area is 189 Å². The van der Waals surface area contributed by atoms with Crippen molar-refractivity contribution in [1.29, 1.82) is 0 Å². The van der Waals surface area contributed by atoms with Gasteiger partial charge in [0, 0.05) is 16.0 Å². The van der Waals surface area contributed by atoms with Crippen LogP contribution in [0.25, 0.3) is 0 Å². The van der Waals surface area contributed by atoms with Gasteiger partial charge in [0.2, 0.25) is 0 Å². The molecule has 1 amide bonds. The highest BCUT2D eigenvalue weighted by Gasteiger charge is 2.36. The maximum Gasteiger partial charge on any atom is 0.341 e. The number of amides is 1. The average Bonchev–Trinajstić information content (AvgIpc) is 3.09. The molecule has 1 aliphatic carbocycles. The van der Waals surface area contributed by atoms with Crippen molar-refractivity contribution in [2.24, 2.45) is 11.3 Å². The zero-order valence-electron chi connectivity index (χ0n) is 17.9. The summed E-state index contributed by atoms with van der Waals surface area (Å²) in [7, 11) is 1.30. The van der Waals surface area contributed by atoms with E-state index in [0.717, 1.165) is 42.2 Å². The molecule has 1 N–H and O–H groups in total. The van der Waals surface area contributed by atoms with Crippen molar-refractivity contribution in [2.45, 2.75) is 46.5 Å². The van der Waals surface area contributed by atoms with Gasteiger partial charge in [-0.05, 0) is 48.3 Å². The number of nitro groups is 1. The number of nitrogens with zero attached hydrogens (tertiary/aromatic N) is 1. The van der Waals surface area contributed by atoms with Crippen LogP contribution in [0.2, 0.25) is 5.02 Å². The minimum atomic E-state index is -0.669. The number of fused-ring (bicyclic) bond motifs is 1. The summed E-state index contributed by atoms with van der Waals surface area (Å²) in [6, 6.07) is 3.86. The van der Waals surface area contributed by atoms with Gasteiger partial charge in [0.1, 0.15) is 10.6 Å². The van der Waals surface area contributed by atoms with Crippen molar-refractivity contribution in [2.75, 3.05) is 12.4 Å². The molecular formula is C22H25ClN2O5S. The molecule has 0 saturated heterocycles. The maximum atomic E-state index is 12.9. The third-order valence-corrected chi connectivity index (χ3v) is 7.70. The van der Waals surface area contributed by atoms with E-state index in [1.54, 1.807) is 0 Å². The normalized spacial score (nSPS) is 15.8.